The van der Waals surface area contributed by atoms with Gasteiger partial charge in [0.1, 0.15) is 0 Å². The van der Waals surface area contributed by atoms with Crippen LogP contribution >= 0.6 is 0 Å². The van der Waals surface area contributed by atoms with Gasteiger partial charge in [0.15, 0.2) is 5.76 Å². The van der Waals surface area contributed by atoms with Crippen LogP contribution in [0.1, 0.15) is 44.4 Å². The van der Waals surface area contributed by atoms with Crippen LogP contribution in [0.15, 0.2) is 43.3 Å². The van der Waals surface area contributed by atoms with Gasteiger partial charge in [-0.1, -0.05) is 5.16 Å². The summed E-state index contributed by atoms with van der Waals surface area (Å²) in [5, 5.41) is 3.42. The topological polar surface area (TPSA) is 142 Å². The lowest BCUT2D eigenvalue weighted by molar-refractivity contribution is -0.152. The number of nitrogens with zero attached hydrogens (tertiary/aromatic N) is 3. The number of benzene rings is 1. The molecule has 0 spiro atoms. The number of nitrogens with one attached hydrogen (secondary N) is 1. The number of esters is 1. The fourth-order valence-electron chi connectivity index (χ4n) is 3.52. The number of hydrogen-bond donors (Lipinski definition) is 1. The molecule has 3 aromatic rings. The van der Waals surface area contributed by atoms with Crippen LogP contribution in [0.5, 0.6) is 0 Å². The van der Waals surface area contributed by atoms with Gasteiger partial charge in [-0.3, -0.25) is 13.9 Å². The number of sulfonamides is 1. The van der Waals surface area contributed by atoms with E-state index in [1.54, 1.807) is 13.8 Å². The fourth-order valence-corrected chi connectivity index (χ4v) is 5.01. The third-order valence-electron chi connectivity index (χ3n) is 5.53. The van der Waals surface area contributed by atoms with Crippen LogP contribution in [0.4, 0.5) is 4.39 Å². The number of hydrogen-bond acceptors (Lipinski definition) is 8. The average molecular weight is 495 g/mol. The number of rotatable bonds is 8. The molecule has 1 fully saturated rings. The number of ether oxygens (including phenoxy) is 1. The van der Waals surface area contributed by atoms with Crippen LogP contribution in [-0.4, -0.2) is 40.8 Å². The first kappa shape index (κ1) is 23.8. The summed E-state index contributed by atoms with van der Waals surface area (Å²) in [6.07, 6.45) is -1.22. The van der Waals surface area contributed by atoms with Crippen LogP contribution in [-0.2, 0) is 26.1 Å². The Bertz CT molecular complexity index is 1500. The molecule has 0 radical (unpaired) electrons. The van der Waals surface area contributed by atoms with Gasteiger partial charge in [0.2, 0.25) is 10.0 Å². The van der Waals surface area contributed by atoms with E-state index in [2.05, 4.69) is 9.88 Å². The number of carbonyl (C=O) groups is 1. The van der Waals surface area contributed by atoms with Crippen molar-refractivity contribution in [3.63, 3.8) is 0 Å². The Hall–Kier alpha value is -3.32. The molecule has 1 aliphatic carbocycles. The van der Waals surface area contributed by atoms with Crippen molar-refractivity contribution in [1.29, 1.82) is 0 Å². The van der Waals surface area contributed by atoms with E-state index in [0.717, 1.165) is 18.2 Å². The van der Waals surface area contributed by atoms with Crippen molar-refractivity contribution >= 4 is 26.9 Å². The third-order valence-corrected chi connectivity index (χ3v) is 7.17. The van der Waals surface area contributed by atoms with Crippen LogP contribution < -0.4 is 16.0 Å². The third kappa shape index (κ3) is 4.40. The molecule has 1 unspecified atom stereocenters. The minimum Gasteiger partial charge on any atom is -0.462 e. The molecule has 11 nitrogen and oxygen atoms in total. The molecule has 0 saturated heterocycles. The Kier molecular flexibility index (Phi) is 5.94. The highest BCUT2D eigenvalue weighted by molar-refractivity contribution is 7.89. The lowest BCUT2D eigenvalue weighted by Gasteiger charge is -2.17. The Morgan fingerprint density at radius 1 is 1.32 bits per heavy atom. The van der Waals surface area contributed by atoms with E-state index in [1.165, 1.54) is 13.0 Å². The zero-order chi connectivity index (χ0) is 24.8. The van der Waals surface area contributed by atoms with E-state index in [-0.39, 0.29) is 28.2 Å². The van der Waals surface area contributed by atoms with E-state index in [4.69, 9.17) is 9.26 Å². The maximum absolute atomic E-state index is 15.1. The highest BCUT2D eigenvalue weighted by Gasteiger charge is 2.41. The highest BCUT2D eigenvalue weighted by atomic mass is 32.2. The number of aryl methyl sites for hydroxylation is 1. The Labute approximate surface area is 193 Å². The fraction of sp³-hybridized carbons (Fsp3) is 0.429. The molecule has 1 atom stereocenters. The minimum atomic E-state index is -4.00. The van der Waals surface area contributed by atoms with Crippen molar-refractivity contribution in [2.24, 2.45) is 0 Å². The molecule has 1 aromatic carbocycles. The molecule has 182 valence electrons. The summed E-state index contributed by atoms with van der Waals surface area (Å²) in [6.45, 7) is 4.33. The molecule has 1 aliphatic rings. The normalized spacial score (nSPS) is 15.9. The zero-order valence-corrected chi connectivity index (χ0v) is 19.5. The van der Waals surface area contributed by atoms with Gasteiger partial charge in [-0.05, 0) is 51.8 Å². The summed E-state index contributed by atoms with van der Waals surface area (Å²) in [5.74, 6) is -1.19. The smallest absolute Gasteiger partial charge is 0.362 e. The second-order valence-electron chi connectivity index (χ2n) is 8.41. The molecule has 2 aromatic heterocycles. The lowest BCUT2D eigenvalue weighted by Crippen LogP contribution is -2.42. The molecule has 1 N–H and O–H groups in total. The second-order valence-corrected chi connectivity index (χ2v) is 10.1. The molecule has 13 heteroatoms. The maximum atomic E-state index is 15.1. The van der Waals surface area contributed by atoms with Gasteiger partial charge in [0.05, 0.1) is 34.6 Å². The quantitative estimate of drug-likeness (QED) is 0.463. The SMILES string of the molecule is CCOC(=O)C(F)n1c(=O)n(Cc2cc(C)no2)c(=O)c2cc(S(=O)(=O)NC3(C)CC3)ccc21. The van der Waals surface area contributed by atoms with Crippen molar-refractivity contribution in [3.05, 3.63) is 56.6 Å². The van der Waals surface area contributed by atoms with Gasteiger partial charge in [-0.2, -0.15) is 0 Å². The molecule has 1 saturated carbocycles. The lowest BCUT2D eigenvalue weighted by atomic mass is 10.2. The summed E-state index contributed by atoms with van der Waals surface area (Å²) in [6, 6.07) is 4.81. The molecular formula is C21H23FN4O7S. The number of halogens is 1. The molecular weight excluding hydrogens is 471 g/mol. The van der Waals surface area contributed by atoms with Gasteiger partial charge in [0.25, 0.3) is 11.9 Å². The van der Waals surface area contributed by atoms with Gasteiger partial charge < -0.3 is 9.26 Å². The van der Waals surface area contributed by atoms with E-state index in [9.17, 15) is 22.8 Å². The van der Waals surface area contributed by atoms with Gasteiger partial charge >= 0.3 is 11.7 Å². The monoisotopic (exact) mass is 494 g/mol. The number of aromatic nitrogens is 3. The predicted octanol–water partition coefficient (Wildman–Crippen LogP) is 1.37. The summed E-state index contributed by atoms with van der Waals surface area (Å²) in [7, 11) is -4.00. The highest BCUT2D eigenvalue weighted by Crippen LogP contribution is 2.36. The van der Waals surface area contributed by atoms with E-state index >= 15 is 4.39 Å². The Morgan fingerprint density at radius 3 is 2.62 bits per heavy atom. The van der Waals surface area contributed by atoms with Gasteiger partial charge in [-0.15, -0.1) is 0 Å². The Balaban J connectivity index is 1.94. The summed E-state index contributed by atoms with van der Waals surface area (Å²) in [4.78, 5) is 38.2. The minimum absolute atomic E-state index is 0.129. The molecule has 34 heavy (non-hydrogen) atoms. The van der Waals surface area contributed by atoms with Gasteiger partial charge in [0, 0.05) is 11.6 Å². The summed E-state index contributed by atoms with van der Waals surface area (Å²) < 4.78 is 54.3. The van der Waals surface area contributed by atoms with Crippen LogP contribution in [0.3, 0.4) is 0 Å². The predicted molar refractivity (Wildman–Crippen MR) is 118 cm³/mol. The number of carbonyl (C=O) groups excluding carboxylic acids is 1. The zero-order valence-electron chi connectivity index (χ0n) is 18.7. The summed E-state index contributed by atoms with van der Waals surface area (Å²) in [5.41, 5.74) is -2.34. The average Bonchev–Trinajstić information content (AvgIpc) is 3.34. The largest absolute Gasteiger partial charge is 0.462 e. The van der Waals surface area contributed by atoms with Crippen molar-refractivity contribution in [2.45, 2.75) is 56.9 Å². The van der Waals surface area contributed by atoms with E-state index in [0.29, 0.717) is 27.7 Å². The van der Waals surface area contributed by atoms with Crippen molar-refractivity contribution in [1.82, 2.24) is 19.0 Å². The number of alkyl halides is 1. The Morgan fingerprint density at radius 2 is 2.03 bits per heavy atom. The van der Waals surface area contributed by atoms with Crippen LogP contribution in [0, 0.1) is 6.92 Å². The molecule has 0 amide bonds. The second kappa shape index (κ2) is 8.47. The van der Waals surface area contributed by atoms with Crippen molar-refractivity contribution in [2.75, 3.05) is 6.61 Å². The van der Waals surface area contributed by atoms with Crippen LogP contribution in [0.25, 0.3) is 10.9 Å². The molecule has 4 rings (SSSR count). The maximum Gasteiger partial charge on any atom is 0.362 e. The first-order valence-corrected chi connectivity index (χ1v) is 12.0. The van der Waals surface area contributed by atoms with Crippen molar-refractivity contribution in [3.8, 4) is 0 Å². The van der Waals surface area contributed by atoms with Gasteiger partial charge in [-0.25, -0.2) is 27.1 Å². The van der Waals surface area contributed by atoms with Crippen molar-refractivity contribution < 1.29 is 26.9 Å². The van der Waals surface area contributed by atoms with E-state index in [1.807, 2.05) is 0 Å². The standard InChI is InChI=1S/C21H23FN4O7S/c1-4-32-19(28)17(22)26-16-6-5-14(34(30,31)24-21(3)7-8-21)10-15(16)18(27)25(20(26)29)11-13-9-12(2)23-33-13/h5-6,9-10,17,24H,4,7-8,11H2,1-3H3. The van der Waals surface area contributed by atoms with Crippen LogP contribution in [0.2, 0.25) is 0 Å². The first-order valence-electron chi connectivity index (χ1n) is 10.5. The van der Waals surface area contributed by atoms with E-state index < -0.39 is 45.6 Å². The summed E-state index contributed by atoms with van der Waals surface area (Å²) >= 11 is 0. The molecule has 0 bridgehead atoms. The number of fused-ring (bicyclic) bond motifs is 1. The molecule has 2 heterocycles. The molecule has 0 aliphatic heterocycles. The first-order chi connectivity index (χ1) is 16.0.